The fraction of sp³-hybridized carbons (Fsp3) is 0.769. The smallest absolute Gasteiger partial charge is 0.214 e. The van der Waals surface area contributed by atoms with Crippen LogP contribution in [0.25, 0.3) is 0 Å². The van der Waals surface area contributed by atoms with Crippen molar-refractivity contribution in [2.45, 2.75) is 25.2 Å². The van der Waals surface area contributed by atoms with Crippen LogP contribution in [0.15, 0.2) is 16.9 Å². The lowest BCUT2D eigenvalue weighted by atomic mass is 9.97. The zero-order chi connectivity index (χ0) is 14.0. The minimum Gasteiger partial charge on any atom is -0.449 e. The minimum atomic E-state index is -2.95. The molecule has 2 fully saturated rings. The third-order valence-electron chi connectivity index (χ3n) is 4.26. The molecule has 112 valence electrons. The van der Waals surface area contributed by atoms with Crippen LogP contribution in [-0.4, -0.2) is 61.1 Å². The molecule has 0 saturated carbocycles. The summed E-state index contributed by atoms with van der Waals surface area (Å²) in [5, 5.41) is 0. The first-order valence-electron chi connectivity index (χ1n) is 7.25. The molecule has 0 atom stereocenters. The van der Waals surface area contributed by atoms with Crippen LogP contribution in [0.4, 0.5) is 0 Å². The summed E-state index contributed by atoms with van der Waals surface area (Å²) < 4.78 is 30.4. The quantitative estimate of drug-likeness (QED) is 0.826. The van der Waals surface area contributed by atoms with Crippen LogP contribution in [0, 0.1) is 0 Å². The van der Waals surface area contributed by atoms with Crippen molar-refractivity contribution < 1.29 is 12.8 Å². The van der Waals surface area contributed by atoms with Gasteiger partial charge in [-0.1, -0.05) is 0 Å². The van der Waals surface area contributed by atoms with Crippen molar-refractivity contribution in [1.29, 1.82) is 0 Å². The number of nitrogens with zero attached hydrogens (tertiary/aromatic N) is 3. The number of hydrogen-bond donors (Lipinski definition) is 0. The fourth-order valence-corrected chi connectivity index (χ4v) is 4.55. The van der Waals surface area contributed by atoms with Crippen molar-refractivity contribution >= 4 is 10.0 Å². The second-order valence-corrected chi connectivity index (χ2v) is 7.64. The molecule has 3 rings (SSSR count). The van der Waals surface area contributed by atoms with Gasteiger partial charge in [-0.3, -0.25) is 0 Å². The lowest BCUT2D eigenvalue weighted by molar-refractivity contribution is 0.190. The predicted octanol–water partition coefficient (Wildman–Crippen LogP) is 0.890. The van der Waals surface area contributed by atoms with Gasteiger partial charge in [0.25, 0.3) is 0 Å². The molecule has 7 heteroatoms. The van der Waals surface area contributed by atoms with Gasteiger partial charge in [-0.2, -0.15) is 0 Å². The summed E-state index contributed by atoms with van der Waals surface area (Å²) in [6.45, 7) is 4.13. The number of piperidine rings is 1. The van der Waals surface area contributed by atoms with Crippen LogP contribution < -0.4 is 0 Å². The molecule has 0 N–H and O–H groups in total. The van der Waals surface area contributed by atoms with E-state index in [0.29, 0.717) is 24.8 Å². The first-order valence-corrected chi connectivity index (χ1v) is 8.86. The van der Waals surface area contributed by atoms with Crippen LogP contribution in [0.2, 0.25) is 0 Å². The highest BCUT2D eigenvalue weighted by molar-refractivity contribution is 7.89. The van der Waals surface area contributed by atoms with Crippen molar-refractivity contribution in [1.82, 2.24) is 14.2 Å². The van der Waals surface area contributed by atoms with Gasteiger partial charge in [0.1, 0.15) is 6.26 Å². The average Bonchev–Trinajstić information content (AvgIpc) is 3.06. The highest BCUT2D eigenvalue weighted by atomic mass is 32.2. The molecule has 2 saturated heterocycles. The zero-order valence-electron chi connectivity index (χ0n) is 11.6. The van der Waals surface area contributed by atoms with E-state index < -0.39 is 10.0 Å². The molecule has 2 aliphatic rings. The molecule has 0 aromatic carbocycles. The van der Waals surface area contributed by atoms with E-state index in [1.807, 2.05) is 0 Å². The minimum absolute atomic E-state index is 0.319. The number of rotatable bonds is 4. The van der Waals surface area contributed by atoms with E-state index in [1.54, 1.807) is 16.8 Å². The van der Waals surface area contributed by atoms with Crippen LogP contribution >= 0.6 is 0 Å². The fourth-order valence-electron chi connectivity index (χ4n) is 3.03. The average molecular weight is 299 g/mol. The molecular formula is C13H21N3O3S. The molecule has 3 heterocycles. The van der Waals surface area contributed by atoms with Gasteiger partial charge in [-0.25, -0.2) is 17.7 Å². The Balaban J connectivity index is 1.45. The Morgan fingerprint density at radius 3 is 2.65 bits per heavy atom. The van der Waals surface area contributed by atoms with E-state index in [4.69, 9.17) is 4.42 Å². The van der Waals surface area contributed by atoms with Crippen LogP contribution in [0.3, 0.4) is 0 Å². The van der Waals surface area contributed by atoms with Crippen LogP contribution in [0.5, 0.6) is 0 Å². The maximum atomic E-state index is 11.7. The Morgan fingerprint density at radius 1 is 1.25 bits per heavy atom. The summed E-state index contributed by atoms with van der Waals surface area (Å²) in [4.78, 5) is 6.56. The SMILES string of the molecule is O=S1(=O)CCCN1CCN1CCC(c2ncco2)CC1. The van der Waals surface area contributed by atoms with Crippen molar-refractivity contribution in [3.05, 3.63) is 18.4 Å². The molecule has 1 aromatic rings. The maximum absolute atomic E-state index is 11.7. The lowest BCUT2D eigenvalue weighted by Gasteiger charge is -2.31. The standard InChI is InChI=1S/C13H21N3O3S/c17-20(18)11-1-5-16(20)9-8-15-6-2-12(3-7-15)13-14-4-10-19-13/h4,10,12H,1-3,5-9,11H2. The van der Waals surface area contributed by atoms with E-state index in [9.17, 15) is 8.42 Å². The monoisotopic (exact) mass is 299 g/mol. The van der Waals surface area contributed by atoms with Crippen LogP contribution in [-0.2, 0) is 10.0 Å². The van der Waals surface area contributed by atoms with E-state index in [1.165, 1.54) is 0 Å². The maximum Gasteiger partial charge on any atom is 0.214 e. The van der Waals surface area contributed by atoms with Crippen molar-refractivity contribution in [3.8, 4) is 0 Å². The molecule has 0 radical (unpaired) electrons. The molecule has 0 amide bonds. The van der Waals surface area contributed by atoms with Gasteiger partial charge < -0.3 is 9.32 Å². The summed E-state index contributed by atoms with van der Waals surface area (Å²) >= 11 is 0. The summed E-state index contributed by atoms with van der Waals surface area (Å²) in [5.41, 5.74) is 0. The first-order chi connectivity index (χ1) is 9.65. The van der Waals surface area contributed by atoms with Gasteiger partial charge in [-0.05, 0) is 32.4 Å². The van der Waals surface area contributed by atoms with Crippen molar-refractivity contribution in [2.24, 2.45) is 0 Å². The Bertz CT molecular complexity index is 521. The molecular weight excluding hydrogens is 278 g/mol. The Hall–Kier alpha value is -0.920. The molecule has 0 bridgehead atoms. The third kappa shape index (κ3) is 3.05. The Morgan fingerprint density at radius 2 is 2.05 bits per heavy atom. The van der Waals surface area contributed by atoms with E-state index in [2.05, 4.69) is 9.88 Å². The molecule has 2 aliphatic heterocycles. The Labute approximate surface area is 119 Å². The van der Waals surface area contributed by atoms with Gasteiger partial charge in [-0.15, -0.1) is 0 Å². The highest BCUT2D eigenvalue weighted by Gasteiger charge is 2.29. The predicted molar refractivity (Wildman–Crippen MR) is 74.9 cm³/mol. The highest BCUT2D eigenvalue weighted by Crippen LogP contribution is 2.26. The van der Waals surface area contributed by atoms with Crippen molar-refractivity contribution in [2.75, 3.05) is 38.5 Å². The molecule has 0 spiro atoms. The molecule has 0 unspecified atom stereocenters. The van der Waals surface area contributed by atoms with E-state index in [-0.39, 0.29) is 0 Å². The van der Waals surface area contributed by atoms with Gasteiger partial charge in [0.2, 0.25) is 10.0 Å². The summed E-state index contributed by atoms with van der Waals surface area (Å²) in [6, 6.07) is 0. The van der Waals surface area contributed by atoms with Gasteiger partial charge in [0, 0.05) is 25.6 Å². The first kappa shape index (κ1) is 14.0. The van der Waals surface area contributed by atoms with Crippen molar-refractivity contribution in [3.63, 3.8) is 0 Å². The van der Waals surface area contributed by atoms with Gasteiger partial charge in [0.05, 0.1) is 11.9 Å². The molecule has 6 nitrogen and oxygen atoms in total. The number of likely N-dealkylation sites (tertiary alicyclic amines) is 1. The number of sulfonamides is 1. The summed E-state index contributed by atoms with van der Waals surface area (Å²) in [6.07, 6.45) is 6.16. The third-order valence-corrected chi connectivity index (χ3v) is 6.21. The summed E-state index contributed by atoms with van der Waals surface area (Å²) in [7, 11) is -2.95. The molecule has 20 heavy (non-hydrogen) atoms. The number of hydrogen-bond acceptors (Lipinski definition) is 5. The number of aromatic nitrogens is 1. The van der Waals surface area contributed by atoms with Crippen LogP contribution in [0.1, 0.15) is 31.1 Å². The zero-order valence-corrected chi connectivity index (χ0v) is 12.4. The molecule has 0 aliphatic carbocycles. The molecule has 1 aromatic heterocycles. The largest absolute Gasteiger partial charge is 0.449 e. The Kier molecular flexibility index (Phi) is 4.09. The van der Waals surface area contributed by atoms with E-state index >= 15 is 0 Å². The second-order valence-electron chi connectivity index (χ2n) is 5.55. The second kappa shape index (κ2) is 5.83. The topological polar surface area (TPSA) is 66.7 Å². The van der Waals surface area contributed by atoms with Gasteiger partial charge in [0.15, 0.2) is 5.89 Å². The normalized spacial score (nSPS) is 25.2. The lowest BCUT2D eigenvalue weighted by Crippen LogP contribution is -2.39. The van der Waals surface area contributed by atoms with Gasteiger partial charge >= 0.3 is 0 Å². The summed E-state index contributed by atoms with van der Waals surface area (Å²) in [5.74, 6) is 1.57. The number of oxazole rings is 1. The van der Waals surface area contributed by atoms with E-state index in [0.717, 1.165) is 44.8 Å².